The summed E-state index contributed by atoms with van der Waals surface area (Å²) in [5.41, 5.74) is 1.45. The number of rotatable bonds is 7. The summed E-state index contributed by atoms with van der Waals surface area (Å²) in [6, 6.07) is 8.72. The normalized spacial score (nSPS) is 13.0. The third-order valence-electron chi connectivity index (χ3n) is 3.05. The fourth-order valence-electron chi connectivity index (χ4n) is 2.00. The molecule has 0 aliphatic rings. The second-order valence-electron chi connectivity index (χ2n) is 5.03. The van der Waals surface area contributed by atoms with Crippen LogP contribution in [-0.4, -0.2) is 13.1 Å². The van der Waals surface area contributed by atoms with Crippen LogP contribution in [0.25, 0.3) is 0 Å². The summed E-state index contributed by atoms with van der Waals surface area (Å²) >= 11 is 3.56. The molecular weight excluding hydrogens is 274 g/mol. The van der Waals surface area contributed by atoms with E-state index in [0.717, 1.165) is 19.0 Å². The van der Waals surface area contributed by atoms with Crippen molar-refractivity contribution in [3.63, 3.8) is 0 Å². The van der Waals surface area contributed by atoms with E-state index < -0.39 is 0 Å². The van der Waals surface area contributed by atoms with E-state index in [4.69, 9.17) is 0 Å². The number of nitrogens with one attached hydrogen (secondary N) is 1. The maximum Gasteiger partial charge on any atom is 0.0178 e. The first kappa shape index (κ1) is 14.7. The quantitative estimate of drug-likeness (QED) is 0.777. The molecule has 0 spiro atoms. The number of halogens is 1. The molecule has 0 bridgehead atoms. The highest BCUT2D eigenvalue weighted by atomic mass is 79.9. The molecule has 1 unspecified atom stereocenters. The van der Waals surface area contributed by atoms with Crippen molar-refractivity contribution in [3.05, 3.63) is 34.3 Å². The Bertz CT molecular complexity index is 322. The molecule has 2 heteroatoms. The van der Waals surface area contributed by atoms with Crippen LogP contribution < -0.4 is 5.32 Å². The van der Waals surface area contributed by atoms with E-state index in [9.17, 15) is 0 Å². The molecule has 17 heavy (non-hydrogen) atoms. The van der Waals surface area contributed by atoms with Gasteiger partial charge >= 0.3 is 0 Å². The molecule has 0 radical (unpaired) electrons. The van der Waals surface area contributed by atoms with E-state index in [1.54, 1.807) is 0 Å². The average Bonchev–Trinajstić information content (AvgIpc) is 2.29. The first-order chi connectivity index (χ1) is 8.13. The van der Waals surface area contributed by atoms with Crippen LogP contribution in [0.1, 0.15) is 45.1 Å². The number of likely N-dealkylation sites (N-methyl/N-ethyl adjacent to an activating group) is 1. The predicted molar refractivity (Wildman–Crippen MR) is 79.5 cm³/mol. The van der Waals surface area contributed by atoms with Crippen LogP contribution >= 0.6 is 15.9 Å². The molecule has 96 valence electrons. The molecule has 1 rings (SSSR count). The van der Waals surface area contributed by atoms with Crippen molar-refractivity contribution in [3.8, 4) is 0 Å². The van der Waals surface area contributed by atoms with Crippen molar-refractivity contribution >= 4 is 15.9 Å². The van der Waals surface area contributed by atoms with E-state index in [-0.39, 0.29) is 0 Å². The molecule has 1 atom stereocenters. The Morgan fingerprint density at radius 3 is 2.59 bits per heavy atom. The zero-order valence-corrected chi connectivity index (χ0v) is 12.8. The first-order valence-corrected chi connectivity index (χ1v) is 7.39. The smallest absolute Gasteiger partial charge is 0.0178 e. The molecule has 1 aromatic rings. The molecule has 0 saturated carbocycles. The van der Waals surface area contributed by atoms with Gasteiger partial charge in [-0.25, -0.2) is 0 Å². The van der Waals surface area contributed by atoms with Crippen molar-refractivity contribution in [1.29, 1.82) is 0 Å². The minimum atomic E-state index is 0.634. The maximum atomic E-state index is 3.56. The lowest BCUT2D eigenvalue weighted by Crippen LogP contribution is -2.21. The summed E-state index contributed by atoms with van der Waals surface area (Å²) in [5.74, 6) is 1.42. The maximum absolute atomic E-state index is 3.56. The third kappa shape index (κ3) is 5.69. The second kappa shape index (κ2) is 7.88. The lowest BCUT2D eigenvalue weighted by atomic mass is 9.91. The number of hydrogen-bond acceptors (Lipinski definition) is 1. The molecule has 0 heterocycles. The Hall–Kier alpha value is -0.340. The van der Waals surface area contributed by atoms with Crippen molar-refractivity contribution < 1.29 is 0 Å². The van der Waals surface area contributed by atoms with Gasteiger partial charge in [0.1, 0.15) is 0 Å². The monoisotopic (exact) mass is 297 g/mol. The van der Waals surface area contributed by atoms with E-state index >= 15 is 0 Å². The largest absolute Gasteiger partial charge is 0.316 e. The Balaban J connectivity index is 2.67. The Labute approximate surface area is 114 Å². The van der Waals surface area contributed by atoms with Crippen molar-refractivity contribution in [2.45, 2.75) is 39.5 Å². The van der Waals surface area contributed by atoms with Gasteiger partial charge in [-0.1, -0.05) is 55.3 Å². The fraction of sp³-hybridized carbons (Fsp3) is 0.600. The zero-order chi connectivity index (χ0) is 12.7. The molecular formula is C15H24BrN. The molecule has 0 saturated heterocycles. The van der Waals surface area contributed by atoms with Crippen LogP contribution in [-0.2, 0) is 0 Å². The SMILES string of the molecule is CCNCC(CCC(C)C)c1cccc(Br)c1. The molecule has 0 aliphatic heterocycles. The summed E-state index contributed by atoms with van der Waals surface area (Å²) in [4.78, 5) is 0. The second-order valence-corrected chi connectivity index (χ2v) is 5.95. The van der Waals surface area contributed by atoms with Gasteiger partial charge in [0.2, 0.25) is 0 Å². The lowest BCUT2D eigenvalue weighted by Gasteiger charge is -2.19. The molecule has 1 N–H and O–H groups in total. The first-order valence-electron chi connectivity index (χ1n) is 6.59. The van der Waals surface area contributed by atoms with Crippen molar-refractivity contribution in [1.82, 2.24) is 5.32 Å². The van der Waals surface area contributed by atoms with Gasteiger partial charge in [-0.2, -0.15) is 0 Å². The molecule has 0 aromatic heterocycles. The van der Waals surface area contributed by atoms with Crippen LogP contribution in [0, 0.1) is 5.92 Å². The van der Waals surface area contributed by atoms with Crippen LogP contribution in [0.4, 0.5) is 0 Å². The van der Waals surface area contributed by atoms with Crippen LogP contribution in [0.5, 0.6) is 0 Å². The predicted octanol–water partition coefficient (Wildman–Crippen LogP) is 4.58. The van der Waals surface area contributed by atoms with Crippen LogP contribution in [0.15, 0.2) is 28.7 Å². The average molecular weight is 298 g/mol. The third-order valence-corrected chi connectivity index (χ3v) is 3.55. The van der Waals surface area contributed by atoms with Gasteiger partial charge < -0.3 is 5.32 Å². The van der Waals surface area contributed by atoms with E-state index in [1.165, 1.54) is 22.9 Å². The van der Waals surface area contributed by atoms with Gasteiger partial charge in [0.15, 0.2) is 0 Å². The molecule has 0 fully saturated rings. The fourth-order valence-corrected chi connectivity index (χ4v) is 2.42. The molecule has 1 nitrogen and oxygen atoms in total. The summed E-state index contributed by atoms with van der Waals surface area (Å²) in [6.07, 6.45) is 2.56. The minimum Gasteiger partial charge on any atom is -0.316 e. The highest BCUT2D eigenvalue weighted by Gasteiger charge is 2.12. The lowest BCUT2D eigenvalue weighted by molar-refractivity contribution is 0.480. The Kier molecular flexibility index (Phi) is 6.83. The van der Waals surface area contributed by atoms with Gasteiger partial charge in [-0.3, -0.25) is 0 Å². The van der Waals surface area contributed by atoms with Gasteiger partial charge in [0, 0.05) is 11.0 Å². The Morgan fingerprint density at radius 2 is 2.00 bits per heavy atom. The van der Waals surface area contributed by atoms with E-state index in [1.807, 2.05) is 0 Å². The minimum absolute atomic E-state index is 0.634. The number of benzene rings is 1. The van der Waals surface area contributed by atoms with E-state index in [0.29, 0.717) is 5.92 Å². The zero-order valence-electron chi connectivity index (χ0n) is 11.2. The molecule has 0 aliphatic carbocycles. The van der Waals surface area contributed by atoms with Crippen molar-refractivity contribution in [2.24, 2.45) is 5.92 Å². The summed E-state index contributed by atoms with van der Waals surface area (Å²) in [5, 5.41) is 3.47. The number of hydrogen-bond donors (Lipinski definition) is 1. The highest BCUT2D eigenvalue weighted by molar-refractivity contribution is 9.10. The Morgan fingerprint density at radius 1 is 1.24 bits per heavy atom. The van der Waals surface area contributed by atoms with Crippen molar-refractivity contribution in [2.75, 3.05) is 13.1 Å². The van der Waals surface area contributed by atoms with Crippen LogP contribution in [0.2, 0.25) is 0 Å². The van der Waals surface area contributed by atoms with Gasteiger partial charge in [-0.05, 0) is 42.5 Å². The standard InChI is InChI=1S/C15H24BrN/c1-4-17-11-14(9-8-12(2)3)13-6-5-7-15(16)10-13/h5-7,10,12,14,17H,4,8-9,11H2,1-3H3. The topological polar surface area (TPSA) is 12.0 Å². The van der Waals surface area contributed by atoms with Gasteiger partial charge in [0.05, 0.1) is 0 Å². The highest BCUT2D eigenvalue weighted by Crippen LogP contribution is 2.25. The van der Waals surface area contributed by atoms with Crippen LogP contribution in [0.3, 0.4) is 0 Å². The molecule has 1 aromatic carbocycles. The van der Waals surface area contributed by atoms with Gasteiger partial charge in [0.25, 0.3) is 0 Å². The van der Waals surface area contributed by atoms with E-state index in [2.05, 4.69) is 66.3 Å². The molecule has 0 amide bonds. The van der Waals surface area contributed by atoms with Gasteiger partial charge in [-0.15, -0.1) is 0 Å². The summed E-state index contributed by atoms with van der Waals surface area (Å²) in [7, 11) is 0. The summed E-state index contributed by atoms with van der Waals surface area (Å²) < 4.78 is 1.18. The summed E-state index contributed by atoms with van der Waals surface area (Å²) in [6.45, 7) is 8.89.